The Morgan fingerprint density at radius 1 is 1.04 bits per heavy atom. The molecule has 136 valence electrons. The van der Waals surface area contributed by atoms with E-state index in [4.69, 9.17) is 0 Å². The minimum absolute atomic E-state index is 0.439. The maximum atomic E-state index is 13.5. The summed E-state index contributed by atoms with van der Waals surface area (Å²) in [6.45, 7) is 2.11. The fourth-order valence-corrected chi connectivity index (χ4v) is 4.71. The van der Waals surface area contributed by atoms with Crippen molar-refractivity contribution in [2.75, 3.05) is 7.05 Å². The number of hydrogen-bond acceptors (Lipinski definition) is 1. The Labute approximate surface area is 157 Å². The number of aromatic nitrogens is 1. The fraction of sp³-hybridized carbons (Fsp3) is 0.304. The average molecular weight is 362 g/mol. The molecule has 0 aliphatic carbocycles. The molecule has 0 spiro atoms. The number of nitrogens with zero attached hydrogens (tertiary/aromatic N) is 2. The van der Waals surface area contributed by atoms with Crippen LogP contribution in [0.15, 0.2) is 36.4 Å². The second kappa shape index (κ2) is 5.94. The zero-order valence-corrected chi connectivity index (χ0v) is 15.4. The van der Waals surface area contributed by atoms with Crippen LogP contribution in [0, 0.1) is 30.5 Å². The number of fused-ring (bicyclic) bond motifs is 6. The second-order valence-electron chi connectivity index (χ2n) is 7.70. The van der Waals surface area contributed by atoms with Crippen LogP contribution in [-0.4, -0.2) is 22.6 Å². The molecule has 4 heteroatoms. The van der Waals surface area contributed by atoms with Crippen molar-refractivity contribution in [3.8, 4) is 12.0 Å². The van der Waals surface area contributed by atoms with Crippen molar-refractivity contribution in [2.45, 2.75) is 38.3 Å². The van der Waals surface area contributed by atoms with E-state index in [1.807, 2.05) is 0 Å². The molecule has 1 fully saturated rings. The molecule has 1 aromatic heterocycles. The Morgan fingerprint density at radius 2 is 1.89 bits per heavy atom. The van der Waals surface area contributed by atoms with Gasteiger partial charge in [0.25, 0.3) is 0 Å². The minimum Gasteiger partial charge on any atom is -0.296 e. The predicted octanol–water partition coefficient (Wildman–Crippen LogP) is 4.78. The van der Waals surface area contributed by atoms with Gasteiger partial charge < -0.3 is 0 Å². The van der Waals surface area contributed by atoms with E-state index in [0.29, 0.717) is 17.6 Å². The third-order valence-electron chi connectivity index (χ3n) is 6.10. The minimum atomic E-state index is -0.864. The highest BCUT2D eigenvalue weighted by Gasteiger charge is 2.40. The van der Waals surface area contributed by atoms with Gasteiger partial charge in [0.2, 0.25) is 0 Å². The third-order valence-corrected chi connectivity index (χ3v) is 6.10. The van der Waals surface area contributed by atoms with Crippen LogP contribution < -0.4 is 0 Å². The molecular formula is C23H20F2N2. The number of aryl methyl sites for hydroxylation is 1. The molecule has 2 aliphatic rings. The molecular weight excluding hydrogens is 342 g/mol. The Hall–Kier alpha value is -2.64. The molecule has 2 aliphatic heterocycles. The Morgan fingerprint density at radius 3 is 2.70 bits per heavy atom. The smallest absolute Gasteiger partial charge is 0.160 e. The lowest BCUT2D eigenvalue weighted by atomic mass is 9.97. The Bertz CT molecular complexity index is 1130. The van der Waals surface area contributed by atoms with Gasteiger partial charge >= 0.3 is 0 Å². The van der Waals surface area contributed by atoms with E-state index in [-0.39, 0.29) is 0 Å². The van der Waals surface area contributed by atoms with Crippen molar-refractivity contribution in [1.82, 2.24) is 9.47 Å². The third kappa shape index (κ3) is 2.49. The van der Waals surface area contributed by atoms with Crippen molar-refractivity contribution in [1.29, 1.82) is 0 Å². The first-order chi connectivity index (χ1) is 13.0. The van der Waals surface area contributed by atoms with Gasteiger partial charge in [0, 0.05) is 41.2 Å². The predicted molar refractivity (Wildman–Crippen MR) is 103 cm³/mol. The summed E-state index contributed by atoms with van der Waals surface area (Å²) in [6.07, 6.45) is 3.36. The van der Waals surface area contributed by atoms with Crippen LogP contribution in [0.1, 0.15) is 41.3 Å². The molecule has 3 heterocycles. The topological polar surface area (TPSA) is 8.17 Å². The van der Waals surface area contributed by atoms with Gasteiger partial charge in [-0.25, -0.2) is 8.78 Å². The van der Waals surface area contributed by atoms with Gasteiger partial charge in [-0.1, -0.05) is 11.6 Å². The first-order valence-corrected chi connectivity index (χ1v) is 9.36. The SMILES string of the molecule is Cc1ccc2c(c1)c1c(n2C#Cc2ccc(F)c(F)c2)CC2CCC1N2C. The fourth-order valence-electron chi connectivity index (χ4n) is 4.71. The maximum Gasteiger partial charge on any atom is 0.160 e. The summed E-state index contributed by atoms with van der Waals surface area (Å²) in [5.41, 5.74) is 5.48. The molecule has 0 amide bonds. The normalized spacial score (nSPS) is 21.2. The number of hydrogen-bond donors (Lipinski definition) is 0. The molecule has 0 saturated carbocycles. The molecule has 0 radical (unpaired) electrons. The van der Waals surface area contributed by atoms with Crippen LogP contribution in [0.5, 0.6) is 0 Å². The lowest BCUT2D eigenvalue weighted by molar-refractivity contribution is 0.223. The summed E-state index contributed by atoms with van der Waals surface area (Å²) >= 11 is 0. The van der Waals surface area contributed by atoms with Crippen molar-refractivity contribution >= 4 is 10.9 Å². The van der Waals surface area contributed by atoms with E-state index < -0.39 is 11.6 Å². The van der Waals surface area contributed by atoms with Gasteiger partial charge in [-0.3, -0.25) is 9.47 Å². The molecule has 27 heavy (non-hydrogen) atoms. The lowest BCUT2D eigenvalue weighted by Gasteiger charge is -2.31. The summed E-state index contributed by atoms with van der Waals surface area (Å²) in [4.78, 5) is 2.50. The summed E-state index contributed by atoms with van der Waals surface area (Å²) in [5.74, 6) is 1.31. The molecule has 5 rings (SSSR count). The number of likely N-dealkylation sites (N-methyl/N-ethyl adjacent to an activating group) is 1. The number of benzene rings is 2. The first kappa shape index (κ1) is 16.5. The molecule has 2 atom stereocenters. The number of rotatable bonds is 0. The van der Waals surface area contributed by atoms with E-state index in [2.05, 4.69) is 53.6 Å². The lowest BCUT2D eigenvalue weighted by Crippen LogP contribution is -2.34. The zero-order chi connectivity index (χ0) is 18.7. The van der Waals surface area contributed by atoms with Crippen LogP contribution in [0.4, 0.5) is 8.78 Å². The van der Waals surface area contributed by atoms with Crippen LogP contribution in [0.2, 0.25) is 0 Å². The molecule has 0 N–H and O–H groups in total. The summed E-state index contributed by atoms with van der Waals surface area (Å²) in [5, 5.41) is 1.27. The van der Waals surface area contributed by atoms with E-state index >= 15 is 0 Å². The summed E-state index contributed by atoms with van der Waals surface area (Å²) in [7, 11) is 2.22. The molecule has 1 saturated heterocycles. The zero-order valence-electron chi connectivity index (χ0n) is 15.4. The quantitative estimate of drug-likeness (QED) is 0.523. The highest BCUT2D eigenvalue weighted by Crippen LogP contribution is 2.46. The van der Waals surface area contributed by atoms with Crippen LogP contribution in [0.3, 0.4) is 0 Å². The molecule has 3 aromatic rings. The monoisotopic (exact) mass is 362 g/mol. The standard InChI is InChI=1S/C23H20F2N2/c1-14-3-7-20-17(11-14)23-21-8-5-16(26(21)2)13-22(23)27(20)10-9-15-4-6-18(24)19(25)12-15/h3-4,6-7,11-12,16,21H,5,8,13H2,1-2H3. The average Bonchev–Trinajstić information content (AvgIpc) is 3.06. The highest BCUT2D eigenvalue weighted by atomic mass is 19.2. The van der Waals surface area contributed by atoms with Crippen molar-refractivity contribution in [3.63, 3.8) is 0 Å². The van der Waals surface area contributed by atoms with Crippen molar-refractivity contribution < 1.29 is 8.78 Å². The second-order valence-corrected chi connectivity index (χ2v) is 7.70. The molecule has 2 bridgehead atoms. The Balaban J connectivity index is 1.71. The largest absolute Gasteiger partial charge is 0.296 e. The van der Waals surface area contributed by atoms with Crippen LogP contribution in [0.25, 0.3) is 10.9 Å². The molecule has 2 unspecified atom stereocenters. The van der Waals surface area contributed by atoms with E-state index in [0.717, 1.165) is 24.1 Å². The van der Waals surface area contributed by atoms with Gasteiger partial charge in [-0.15, -0.1) is 0 Å². The summed E-state index contributed by atoms with van der Waals surface area (Å²) < 4.78 is 28.8. The van der Waals surface area contributed by atoms with Crippen molar-refractivity contribution in [3.05, 3.63) is 70.4 Å². The molecule has 2 aromatic carbocycles. The molecule has 2 nitrogen and oxygen atoms in total. The van der Waals surface area contributed by atoms with Gasteiger partial charge in [0.15, 0.2) is 11.6 Å². The number of halogens is 2. The van der Waals surface area contributed by atoms with E-state index in [1.165, 1.54) is 41.1 Å². The first-order valence-electron chi connectivity index (χ1n) is 9.36. The van der Waals surface area contributed by atoms with Gasteiger partial charge in [0.05, 0.1) is 5.52 Å². The Kier molecular flexibility index (Phi) is 3.63. The van der Waals surface area contributed by atoms with E-state index in [9.17, 15) is 8.78 Å². The van der Waals surface area contributed by atoms with Gasteiger partial charge in [-0.2, -0.15) is 0 Å². The summed E-state index contributed by atoms with van der Waals surface area (Å²) in [6, 6.07) is 14.5. The van der Waals surface area contributed by atoms with Crippen LogP contribution >= 0.6 is 0 Å². The van der Waals surface area contributed by atoms with E-state index in [1.54, 1.807) is 0 Å². The van der Waals surface area contributed by atoms with Crippen LogP contribution in [-0.2, 0) is 6.42 Å². The van der Waals surface area contributed by atoms with Gasteiger partial charge in [0.1, 0.15) is 0 Å². The van der Waals surface area contributed by atoms with Crippen molar-refractivity contribution in [2.24, 2.45) is 0 Å². The highest BCUT2D eigenvalue weighted by molar-refractivity contribution is 5.88. The maximum absolute atomic E-state index is 13.5. The van der Waals surface area contributed by atoms with Gasteiger partial charge in [-0.05, 0) is 68.6 Å².